The molecule has 0 bridgehead atoms. The largest absolute Gasteiger partial charge is 0.330 e. The van der Waals surface area contributed by atoms with Crippen molar-refractivity contribution in [3.05, 3.63) is 51.1 Å². The number of imidazole rings is 1. The molecule has 4 heteroatoms. The quantitative estimate of drug-likeness (QED) is 0.831. The maximum Gasteiger partial charge on any atom is 0.330 e. The van der Waals surface area contributed by atoms with Crippen LogP contribution < -0.4 is 5.69 Å². The van der Waals surface area contributed by atoms with E-state index in [-0.39, 0.29) is 5.69 Å². The van der Waals surface area contributed by atoms with Gasteiger partial charge < -0.3 is 4.98 Å². The summed E-state index contributed by atoms with van der Waals surface area (Å²) in [5.41, 5.74) is 1.85. The summed E-state index contributed by atoms with van der Waals surface area (Å²) in [6, 6.07) is 5.88. The summed E-state index contributed by atoms with van der Waals surface area (Å²) >= 11 is 3.41. The van der Waals surface area contributed by atoms with Gasteiger partial charge in [-0.05, 0) is 40.5 Å². The van der Waals surface area contributed by atoms with Crippen LogP contribution in [-0.2, 0) is 0 Å². The van der Waals surface area contributed by atoms with E-state index in [2.05, 4.69) is 20.9 Å². The summed E-state index contributed by atoms with van der Waals surface area (Å²) in [4.78, 5) is 14.0. The molecule has 0 atom stereocenters. The number of aromatic amines is 1. The Bertz CT molecular complexity index is 513. The van der Waals surface area contributed by atoms with E-state index in [9.17, 15) is 4.79 Å². The number of nitrogens with zero attached hydrogens (tertiary/aromatic N) is 1. The average molecular weight is 253 g/mol. The zero-order valence-electron chi connectivity index (χ0n) is 7.62. The molecule has 2 aromatic rings. The molecule has 1 heterocycles. The minimum Gasteiger partial charge on any atom is -0.312 e. The van der Waals surface area contributed by atoms with E-state index in [1.165, 1.54) is 0 Å². The highest BCUT2D eigenvalue weighted by Crippen LogP contribution is 2.20. The number of hydrogen-bond acceptors (Lipinski definition) is 1. The smallest absolute Gasteiger partial charge is 0.312 e. The van der Waals surface area contributed by atoms with Gasteiger partial charge in [-0.15, -0.1) is 0 Å². The second-order valence-corrected chi connectivity index (χ2v) is 3.94. The fourth-order valence-electron chi connectivity index (χ4n) is 1.32. The zero-order valence-corrected chi connectivity index (χ0v) is 9.21. The van der Waals surface area contributed by atoms with Crippen molar-refractivity contribution < 1.29 is 0 Å². The molecule has 0 amide bonds. The molecule has 3 nitrogen and oxygen atoms in total. The second kappa shape index (κ2) is 3.46. The van der Waals surface area contributed by atoms with Crippen molar-refractivity contribution in [1.82, 2.24) is 9.55 Å². The summed E-state index contributed by atoms with van der Waals surface area (Å²) in [7, 11) is 0. The van der Waals surface area contributed by atoms with Crippen LogP contribution >= 0.6 is 15.9 Å². The van der Waals surface area contributed by atoms with Gasteiger partial charge in [0.25, 0.3) is 0 Å². The number of benzene rings is 1. The van der Waals surface area contributed by atoms with E-state index in [1.54, 1.807) is 17.0 Å². The molecular weight excluding hydrogens is 244 g/mol. The third-order valence-corrected chi connectivity index (χ3v) is 2.68. The van der Waals surface area contributed by atoms with Crippen molar-refractivity contribution in [3.63, 3.8) is 0 Å². The first kappa shape index (κ1) is 9.27. The van der Waals surface area contributed by atoms with Crippen LogP contribution in [0.25, 0.3) is 5.69 Å². The highest BCUT2D eigenvalue weighted by atomic mass is 79.9. The third-order valence-electron chi connectivity index (χ3n) is 2.01. The summed E-state index contributed by atoms with van der Waals surface area (Å²) in [5, 5.41) is 0. The van der Waals surface area contributed by atoms with Gasteiger partial charge in [0.15, 0.2) is 0 Å². The molecule has 0 aliphatic rings. The Morgan fingerprint density at radius 1 is 1.43 bits per heavy atom. The van der Waals surface area contributed by atoms with Crippen molar-refractivity contribution in [1.29, 1.82) is 0 Å². The van der Waals surface area contributed by atoms with E-state index >= 15 is 0 Å². The normalized spacial score (nSPS) is 10.4. The van der Waals surface area contributed by atoms with Gasteiger partial charge in [-0.2, -0.15) is 0 Å². The number of aryl methyl sites for hydroxylation is 1. The van der Waals surface area contributed by atoms with Crippen molar-refractivity contribution in [2.45, 2.75) is 6.92 Å². The molecule has 0 unspecified atom stereocenters. The van der Waals surface area contributed by atoms with Gasteiger partial charge in [-0.3, -0.25) is 4.57 Å². The predicted molar refractivity (Wildman–Crippen MR) is 58.8 cm³/mol. The maximum atomic E-state index is 11.4. The lowest BCUT2D eigenvalue weighted by atomic mass is 10.2. The second-order valence-electron chi connectivity index (χ2n) is 3.09. The fraction of sp³-hybridized carbons (Fsp3) is 0.100. The van der Waals surface area contributed by atoms with Crippen LogP contribution in [0.5, 0.6) is 0 Å². The Morgan fingerprint density at radius 2 is 2.21 bits per heavy atom. The number of hydrogen-bond donors (Lipinski definition) is 1. The summed E-state index contributed by atoms with van der Waals surface area (Å²) < 4.78 is 2.47. The van der Waals surface area contributed by atoms with Gasteiger partial charge in [-0.25, -0.2) is 4.79 Å². The number of nitrogens with one attached hydrogen (secondary N) is 1. The number of halogens is 1. The van der Waals surface area contributed by atoms with Gasteiger partial charge >= 0.3 is 5.69 Å². The van der Waals surface area contributed by atoms with E-state index in [0.717, 1.165) is 15.7 Å². The molecule has 72 valence electrons. The summed E-state index contributed by atoms with van der Waals surface area (Å²) in [6.07, 6.45) is 3.33. The van der Waals surface area contributed by atoms with Crippen molar-refractivity contribution >= 4 is 15.9 Å². The minimum absolute atomic E-state index is 0.128. The zero-order chi connectivity index (χ0) is 10.1. The molecule has 1 N–H and O–H groups in total. The monoisotopic (exact) mass is 252 g/mol. The number of aromatic nitrogens is 2. The molecule has 14 heavy (non-hydrogen) atoms. The Labute approximate surface area is 89.5 Å². The molecule has 1 aromatic heterocycles. The van der Waals surface area contributed by atoms with E-state index in [4.69, 9.17) is 0 Å². The first-order valence-corrected chi connectivity index (χ1v) is 5.00. The molecule has 0 saturated heterocycles. The van der Waals surface area contributed by atoms with Gasteiger partial charge in [0.1, 0.15) is 0 Å². The molecule has 0 aliphatic carbocycles. The Hall–Kier alpha value is -1.29. The topological polar surface area (TPSA) is 37.8 Å². The standard InChI is InChI=1S/C10H9BrN2O/c1-7-2-3-8(11)9(6-7)13-5-4-12-10(13)14/h2-6H,1H3,(H,12,14). The Balaban J connectivity index is 2.68. The lowest BCUT2D eigenvalue weighted by Gasteiger charge is -2.04. The third kappa shape index (κ3) is 1.53. The molecule has 0 spiro atoms. The summed E-state index contributed by atoms with van der Waals surface area (Å²) in [6.45, 7) is 1.99. The van der Waals surface area contributed by atoms with Crippen molar-refractivity contribution in [2.24, 2.45) is 0 Å². The van der Waals surface area contributed by atoms with E-state index in [0.29, 0.717) is 0 Å². The SMILES string of the molecule is Cc1ccc(Br)c(-n2cc[nH]c2=O)c1. The van der Waals surface area contributed by atoms with Gasteiger partial charge in [0, 0.05) is 16.9 Å². The average Bonchev–Trinajstić information content (AvgIpc) is 2.56. The van der Waals surface area contributed by atoms with Crippen LogP contribution in [0.3, 0.4) is 0 Å². The first-order chi connectivity index (χ1) is 6.68. The Kier molecular flexibility index (Phi) is 2.29. The van der Waals surface area contributed by atoms with E-state index in [1.807, 2.05) is 25.1 Å². The van der Waals surface area contributed by atoms with Crippen LogP contribution in [0.15, 0.2) is 39.9 Å². The van der Waals surface area contributed by atoms with Crippen LogP contribution in [-0.4, -0.2) is 9.55 Å². The number of rotatable bonds is 1. The summed E-state index contributed by atoms with van der Waals surface area (Å²) in [5.74, 6) is 0. The van der Waals surface area contributed by atoms with Gasteiger partial charge in [0.2, 0.25) is 0 Å². The molecule has 0 aliphatic heterocycles. The molecule has 0 saturated carbocycles. The maximum absolute atomic E-state index is 11.4. The highest BCUT2D eigenvalue weighted by molar-refractivity contribution is 9.10. The predicted octanol–water partition coefficient (Wildman–Crippen LogP) is 2.24. The van der Waals surface area contributed by atoms with Crippen LogP contribution in [0.4, 0.5) is 0 Å². The van der Waals surface area contributed by atoms with Gasteiger partial charge in [0.05, 0.1) is 5.69 Å². The molecule has 0 fully saturated rings. The Morgan fingerprint density at radius 3 is 2.86 bits per heavy atom. The van der Waals surface area contributed by atoms with Crippen molar-refractivity contribution in [2.75, 3.05) is 0 Å². The van der Waals surface area contributed by atoms with Gasteiger partial charge in [-0.1, -0.05) is 6.07 Å². The minimum atomic E-state index is -0.128. The first-order valence-electron chi connectivity index (χ1n) is 4.21. The van der Waals surface area contributed by atoms with E-state index < -0.39 is 0 Å². The van der Waals surface area contributed by atoms with Crippen LogP contribution in [0.2, 0.25) is 0 Å². The molecular formula is C10H9BrN2O. The molecule has 0 radical (unpaired) electrons. The fourth-order valence-corrected chi connectivity index (χ4v) is 1.76. The number of H-pyrrole nitrogens is 1. The van der Waals surface area contributed by atoms with Crippen molar-refractivity contribution in [3.8, 4) is 5.69 Å². The van der Waals surface area contributed by atoms with Crippen LogP contribution in [0, 0.1) is 6.92 Å². The lowest BCUT2D eigenvalue weighted by molar-refractivity contribution is 0.979. The van der Waals surface area contributed by atoms with Crippen LogP contribution in [0.1, 0.15) is 5.56 Å². The lowest BCUT2D eigenvalue weighted by Crippen LogP contribution is -2.14. The molecule has 2 rings (SSSR count). The highest BCUT2D eigenvalue weighted by Gasteiger charge is 2.04. The molecule has 1 aromatic carbocycles.